The van der Waals surface area contributed by atoms with E-state index in [0.717, 1.165) is 0 Å². The van der Waals surface area contributed by atoms with Crippen LogP contribution in [0.3, 0.4) is 0 Å². The number of amides is 4. The van der Waals surface area contributed by atoms with Crippen molar-refractivity contribution in [1.29, 1.82) is 0 Å². The minimum absolute atomic E-state index is 0.00640. The molecule has 41 heavy (non-hydrogen) atoms. The Kier molecular flexibility index (Phi) is 15.5. The van der Waals surface area contributed by atoms with E-state index in [4.69, 9.17) is 17.2 Å². The highest BCUT2D eigenvalue weighted by atomic mass is 16.4. The second-order valence-electron chi connectivity index (χ2n) is 10.3. The standard InChI is InChI=1S/C27H45N7O7/c1-15(2)13-20(32-23(36)18(30)9-11-28)25(38)33-21(14-17-7-5-4-6-8-17)26(39)31-19(10-12-29)24(37)34-22(16(3)35)27(40)41/h4-8,15-16,18-22,35H,9-14,28-30H2,1-3H3,(H,31,39)(H,32,36)(H,33,38)(H,34,37)(H,40,41)/t16-,18+,19+,20+,21-,22+/m1/s1. The summed E-state index contributed by atoms with van der Waals surface area (Å²) < 4.78 is 0. The first-order chi connectivity index (χ1) is 19.3. The van der Waals surface area contributed by atoms with Crippen molar-refractivity contribution in [3.63, 3.8) is 0 Å². The molecular formula is C27H45N7O7. The van der Waals surface area contributed by atoms with E-state index in [0.29, 0.717) is 5.56 Å². The summed E-state index contributed by atoms with van der Waals surface area (Å²) >= 11 is 0. The van der Waals surface area contributed by atoms with Gasteiger partial charge in [0.05, 0.1) is 12.1 Å². The van der Waals surface area contributed by atoms with Gasteiger partial charge in [0, 0.05) is 6.42 Å². The lowest BCUT2D eigenvalue weighted by atomic mass is 10.00. The first kappa shape index (κ1) is 35.4. The Morgan fingerprint density at radius 2 is 1.27 bits per heavy atom. The van der Waals surface area contributed by atoms with Crippen LogP contribution in [0.15, 0.2) is 30.3 Å². The number of hydrogen-bond acceptors (Lipinski definition) is 9. The first-order valence-corrected chi connectivity index (χ1v) is 13.6. The number of aliphatic hydroxyl groups excluding tert-OH is 1. The average Bonchev–Trinajstić information content (AvgIpc) is 2.90. The van der Waals surface area contributed by atoms with Gasteiger partial charge in [-0.2, -0.15) is 0 Å². The number of hydrogen-bond donors (Lipinski definition) is 9. The van der Waals surface area contributed by atoms with E-state index in [2.05, 4.69) is 21.3 Å². The van der Waals surface area contributed by atoms with Crippen LogP contribution in [0.1, 0.15) is 45.6 Å². The van der Waals surface area contributed by atoms with Crippen LogP contribution in [-0.4, -0.2) is 89.2 Å². The number of benzene rings is 1. The summed E-state index contributed by atoms with van der Waals surface area (Å²) in [6, 6.07) is 2.91. The molecule has 1 aromatic rings. The molecule has 0 unspecified atom stereocenters. The molecule has 14 heteroatoms. The van der Waals surface area contributed by atoms with Crippen molar-refractivity contribution in [2.45, 2.75) is 82.8 Å². The molecule has 6 atom stereocenters. The minimum Gasteiger partial charge on any atom is -0.480 e. The van der Waals surface area contributed by atoms with Crippen molar-refractivity contribution in [1.82, 2.24) is 21.3 Å². The van der Waals surface area contributed by atoms with Crippen molar-refractivity contribution >= 4 is 29.6 Å². The maximum Gasteiger partial charge on any atom is 0.328 e. The average molecular weight is 580 g/mol. The van der Waals surface area contributed by atoms with Crippen molar-refractivity contribution in [3.05, 3.63) is 35.9 Å². The Morgan fingerprint density at radius 1 is 0.756 bits per heavy atom. The molecule has 0 aromatic heterocycles. The van der Waals surface area contributed by atoms with E-state index in [1.165, 1.54) is 6.92 Å². The molecule has 0 spiro atoms. The summed E-state index contributed by atoms with van der Waals surface area (Å²) in [6.07, 6.45) is -0.900. The predicted molar refractivity (Wildman–Crippen MR) is 152 cm³/mol. The molecule has 0 radical (unpaired) electrons. The zero-order valence-corrected chi connectivity index (χ0v) is 23.8. The third-order valence-corrected chi connectivity index (χ3v) is 6.20. The zero-order chi connectivity index (χ0) is 31.1. The largest absolute Gasteiger partial charge is 0.480 e. The normalized spacial score (nSPS) is 15.5. The zero-order valence-electron chi connectivity index (χ0n) is 23.8. The van der Waals surface area contributed by atoms with Crippen LogP contribution in [-0.2, 0) is 30.4 Å². The van der Waals surface area contributed by atoms with Gasteiger partial charge in [0.25, 0.3) is 0 Å². The van der Waals surface area contributed by atoms with Gasteiger partial charge in [0.1, 0.15) is 18.1 Å². The Hall–Kier alpha value is -3.59. The van der Waals surface area contributed by atoms with E-state index < -0.39 is 65.9 Å². The predicted octanol–water partition coefficient (Wildman–Crippen LogP) is -2.30. The van der Waals surface area contributed by atoms with Crippen LogP contribution in [0, 0.1) is 5.92 Å². The lowest BCUT2D eigenvalue weighted by Gasteiger charge is -2.27. The van der Waals surface area contributed by atoms with Crippen LogP contribution >= 0.6 is 0 Å². The van der Waals surface area contributed by atoms with Crippen LogP contribution in [0.4, 0.5) is 0 Å². The highest BCUT2D eigenvalue weighted by molar-refractivity contribution is 5.95. The van der Waals surface area contributed by atoms with Gasteiger partial charge in [0.2, 0.25) is 23.6 Å². The van der Waals surface area contributed by atoms with Gasteiger partial charge in [-0.15, -0.1) is 0 Å². The number of carboxylic acids is 1. The lowest BCUT2D eigenvalue weighted by molar-refractivity contribution is -0.145. The van der Waals surface area contributed by atoms with Gasteiger partial charge >= 0.3 is 5.97 Å². The summed E-state index contributed by atoms with van der Waals surface area (Å²) in [7, 11) is 0. The Morgan fingerprint density at radius 3 is 1.78 bits per heavy atom. The minimum atomic E-state index is -1.61. The molecule has 230 valence electrons. The third-order valence-electron chi connectivity index (χ3n) is 6.20. The Balaban J connectivity index is 3.21. The number of rotatable bonds is 18. The van der Waals surface area contributed by atoms with Gasteiger partial charge in [-0.3, -0.25) is 19.2 Å². The van der Waals surface area contributed by atoms with E-state index in [1.807, 2.05) is 13.8 Å². The fourth-order valence-electron chi connectivity index (χ4n) is 3.97. The number of nitrogens with two attached hydrogens (primary N) is 3. The maximum absolute atomic E-state index is 13.5. The van der Waals surface area contributed by atoms with E-state index in [-0.39, 0.29) is 44.7 Å². The highest BCUT2D eigenvalue weighted by Gasteiger charge is 2.33. The molecule has 0 bridgehead atoms. The molecule has 14 nitrogen and oxygen atoms in total. The van der Waals surface area contributed by atoms with Crippen LogP contribution in [0.2, 0.25) is 0 Å². The molecule has 0 aliphatic carbocycles. The summed E-state index contributed by atoms with van der Waals surface area (Å²) in [5, 5.41) is 29.1. The molecule has 0 aliphatic heterocycles. The second kappa shape index (κ2) is 18.0. The molecule has 12 N–H and O–H groups in total. The van der Waals surface area contributed by atoms with E-state index in [1.54, 1.807) is 30.3 Å². The van der Waals surface area contributed by atoms with E-state index in [9.17, 15) is 34.2 Å². The number of carboxylic acid groups (broad SMARTS) is 1. The fourth-order valence-corrected chi connectivity index (χ4v) is 3.97. The molecule has 0 saturated heterocycles. The van der Waals surface area contributed by atoms with Crippen molar-refractivity contribution in [2.75, 3.05) is 13.1 Å². The van der Waals surface area contributed by atoms with Crippen LogP contribution in [0.25, 0.3) is 0 Å². The van der Waals surface area contributed by atoms with Gasteiger partial charge in [-0.25, -0.2) is 4.79 Å². The van der Waals surface area contributed by atoms with E-state index >= 15 is 0 Å². The Labute approximate surface area is 240 Å². The van der Waals surface area contributed by atoms with Gasteiger partial charge in [0.15, 0.2) is 6.04 Å². The summed E-state index contributed by atoms with van der Waals surface area (Å²) in [6.45, 7) is 5.11. The number of aliphatic hydroxyl groups is 1. The van der Waals surface area contributed by atoms with Crippen molar-refractivity contribution < 1.29 is 34.2 Å². The molecule has 1 rings (SSSR count). The molecule has 0 saturated carbocycles. The molecule has 1 aromatic carbocycles. The van der Waals surface area contributed by atoms with Gasteiger partial charge in [-0.05, 0) is 50.8 Å². The van der Waals surface area contributed by atoms with Crippen LogP contribution < -0.4 is 38.5 Å². The quantitative estimate of drug-likeness (QED) is 0.0899. The molecule has 0 fully saturated rings. The first-order valence-electron chi connectivity index (χ1n) is 13.6. The maximum atomic E-state index is 13.5. The lowest BCUT2D eigenvalue weighted by Crippen LogP contribution is -2.60. The van der Waals surface area contributed by atoms with Crippen LogP contribution in [0.5, 0.6) is 0 Å². The summed E-state index contributed by atoms with van der Waals surface area (Å²) in [4.78, 5) is 63.7. The molecule has 0 heterocycles. The smallest absolute Gasteiger partial charge is 0.328 e. The van der Waals surface area contributed by atoms with Crippen molar-refractivity contribution in [2.24, 2.45) is 23.1 Å². The third kappa shape index (κ3) is 12.6. The Bertz CT molecular complexity index is 1010. The topological polar surface area (TPSA) is 252 Å². The van der Waals surface area contributed by atoms with Gasteiger partial charge < -0.3 is 48.7 Å². The van der Waals surface area contributed by atoms with Gasteiger partial charge in [-0.1, -0.05) is 44.2 Å². The number of aliphatic carboxylic acids is 1. The number of nitrogens with one attached hydrogen (secondary N) is 4. The summed E-state index contributed by atoms with van der Waals surface area (Å²) in [5.41, 5.74) is 17.7. The SMILES string of the molecule is CC(C)C[C@H](NC(=O)[C@@H](N)CCN)C(=O)N[C@H](Cc1ccccc1)C(=O)N[C@@H](CCN)C(=O)N[C@H](C(=O)O)[C@@H](C)O. The number of carbonyl (C=O) groups excluding carboxylic acids is 4. The highest BCUT2D eigenvalue weighted by Crippen LogP contribution is 2.09. The summed E-state index contributed by atoms with van der Waals surface area (Å²) in [5.74, 6) is -4.21. The molecule has 0 aliphatic rings. The fraction of sp³-hybridized carbons (Fsp3) is 0.593. The monoisotopic (exact) mass is 579 g/mol. The molecule has 4 amide bonds. The number of carbonyl (C=O) groups is 5. The molecular weight excluding hydrogens is 534 g/mol. The second-order valence-corrected chi connectivity index (χ2v) is 10.3. The van der Waals surface area contributed by atoms with Crippen molar-refractivity contribution in [3.8, 4) is 0 Å².